The van der Waals surface area contributed by atoms with Crippen molar-refractivity contribution in [3.8, 4) is 11.1 Å². The molecule has 0 heterocycles. The second-order valence-corrected chi connectivity index (χ2v) is 7.50. The van der Waals surface area contributed by atoms with Crippen LogP contribution in [0.25, 0.3) is 32.7 Å². The zero-order chi connectivity index (χ0) is 18.7. The van der Waals surface area contributed by atoms with Gasteiger partial charge in [0.15, 0.2) is 0 Å². The van der Waals surface area contributed by atoms with E-state index in [1.54, 1.807) is 0 Å². The third-order valence-electron chi connectivity index (χ3n) is 6.06. The van der Waals surface area contributed by atoms with Crippen LogP contribution in [0.1, 0.15) is 16.7 Å². The lowest BCUT2D eigenvalue weighted by Crippen LogP contribution is -2.27. The molecular weight excluding hydrogens is 340 g/mol. The van der Waals surface area contributed by atoms with Crippen molar-refractivity contribution >= 4 is 21.5 Å². The molecule has 0 fully saturated rings. The van der Waals surface area contributed by atoms with Gasteiger partial charge >= 0.3 is 0 Å². The SMILES string of the molecule is OC1(c2c3ccccc3cc3ccccc23)c2ccccc2-c2ccccc21. The van der Waals surface area contributed by atoms with Gasteiger partial charge in [-0.2, -0.15) is 0 Å². The van der Waals surface area contributed by atoms with Crippen molar-refractivity contribution in [1.29, 1.82) is 0 Å². The molecule has 1 aliphatic carbocycles. The van der Waals surface area contributed by atoms with Crippen LogP contribution in [-0.2, 0) is 5.60 Å². The summed E-state index contributed by atoms with van der Waals surface area (Å²) in [7, 11) is 0. The molecule has 6 rings (SSSR count). The number of benzene rings is 5. The Morgan fingerprint density at radius 3 is 1.46 bits per heavy atom. The normalized spacial score (nSPS) is 14.2. The van der Waals surface area contributed by atoms with E-state index >= 15 is 0 Å². The molecule has 0 spiro atoms. The van der Waals surface area contributed by atoms with Gasteiger partial charge in [0.2, 0.25) is 0 Å². The van der Waals surface area contributed by atoms with E-state index in [0.717, 1.165) is 49.4 Å². The van der Waals surface area contributed by atoms with Crippen molar-refractivity contribution in [3.63, 3.8) is 0 Å². The second-order valence-electron chi connectivity index (χ2n) is 7.50. The first kappa shape index (κ1) is 15.6. The maximum atomic E-state index is 12.5. The van der Waals surface area contributed by atoms with Gasteiger partial charge in [-0.05, 0) is 38.7 Å². The molecule has 0 saturated heterocycles. The summed E-state index contributed by atoms with van der Waals surface area (Å²) < 4.78 is 0. The average Bonchev–Trinajstić information content (AvgIpc) is 3.02. The Kier molecular flexibility index (Phi) is 3.09. The topological polar surface area (TPSA) is 20.2 Å². The van der Waals surface area contributed by atoms with Gasteiger partial charge in [0, 0.05) is 16.7 Å². The summed E-state index contributed by atoms with van der Waals surface area (Å²) in [6, 6.07) is 35.4. The van der Waals surface area contributed by atoms with Crippen molar-refractivity contribution in [2.24, 2.45) is 0 Å². The van der Waals surface area contributed by atoms with Crippen molar-refractivity contribution in [3.05, 3.63) is 120 Å². The van der Waals surface area contributed by atoms with Gasteiger partial charge in [0.25, 0.3) is 0 Å². The lowest BCUT2D eigenvalue weighted by molar-refractivity contribution is 0.134. The minimum atomic E-state index is -1.19. The summed E-state index contributed by atoms with van der Waals surface area (Å²) in [5, 5.41) is 16.9. The Labute approximate surface area is 163 Å². The van der Waals surface area contributed by atoms with E-state index in [2.05, 4.69) is 78.9 Å². The number of aliphatic hydroxyl groups is 1. The highest BCUT2D eigenvalue weighted by atomic mass is 16.3. The smallest absolute Gasteiger partial charge is 0.142 e. The second kappa shape index (κ2) is 5.54. The van der Waals surface area contributed by atoms with E-state index in [1.807, 2.05) is 24.3 Å². The maximum absolute atomic E-state index is 12.5. The summed E-state index contributed by atoms with van der Waals surface area (Å²) in [6.07, 6.45) is 0. The summed E-state index contributed by atoms with van der Waals surface area (Å²) in [5.74, 6) is 0. The van der Waals surface area contributed by atoms with Gasteiger partial charge in [0.05, 0.1) is 0 Å². The van der Waals surface area contributed by atoms with Crippen LogP contribution in [0, 0.1) is 0 Å². The highest BCUT2D eigenvalue weighted by Gasteiger charge is 2.44. The Morgan fingerprint density at radius 1 is 0.500 bits per heavy atom. The zero-order valence-electron chi connectivity index (χ0n) is 15.3. The minimum absolute atomic E-state index is 0.956. The molecule has 0 aromatic heterocycles. The lowest BCUT2D eigenvalue weighted by Gasteiger charge is -2.29. The fourth-order valence-corrected chi connectivity index (χ4v) is 4.88. The standard InChI is InChI=1S/C27H18O/c28-27(24-15-7-5-13-22(24)23-14-6-8-16-25(23)27)26-20-11-3-1-9-18(20)17-19-10-2-4-12-21(19)26/h1-17,28H. The molecule has 0 amide bonds. The molecule has 5 aromatic rings. The van der Waals surface area contributed by atoms with Gasteiger partial charge in [-0.25, -0.2) is 0 Å². The van der Waals surface area contributed by atoms with E-state index < -0.39 is 5.60 Å². The molecule has 1 heteroatoms. The molecule has 132 valence electrons. The van der Waals surface area contributed by atoms with Crippen LogP contribution in [0.15, 0.2) is 103 Å². The fraction of sp³-hybridized carbons (Fsp3) is 0.0370. The summed E-state index contributed by atoms with van der Waals surface area (Å²) >= 11 is 0. The van der Waals surface area contributed by atoms with Gasteiger partial charge in [0.1, 0.15) is 5.60 Å². The van der Waals surface area contributed by atoms with Crippen molar-refractivity contribution in [2.45, 2.75) is 5.60 Å². The number of rotatable bonds is 1. The van der Waals surface area contributed by atoms with E-state index in [-0.39, 0.29) is 0 Å². The van der Waals surface area contributed by atoms with Crippen LogP contribution in [0.3, 0.4) is 0 Å². The maximum Gasteiger partial charge on any atom is 0.142 e. The molecule has 1 N–H and O–H groups in total. The largest absolute Gasteiger partial charge is 0.376 e. The Morgan fingerprint density at radius 2 is 0.929 bits per heavy atom. The van der Waals surface area contributed by atoms with Gasteiger partial charge in [-0.3, -0.25) is 0 Å². The van der Waals surface area contributed by atoms with E-state index in [9.17, 15) is 5.11 Å². The first-order chi connectivity index (χ1) is 13.8. The fourth-order valence-electron chi connectivity index (χ4n) is 4.88. The highest BCUT2D eigenvalue weighted by Crippen LogP contribution is 2.53. The third kappa shape index (κ3) is 1.89. The van der Waals surface area contributed by atoms with Crippen LogP contribution in [0.4, 0.5) is 0 Å². The molecule has 0 atom stereocenters. The van der Waals surface area contributed by atoms with Crippen molar-refractivity contribution in [2.75, 3.05) is 0 Å². The Hall–Kier alpha value is -3.42. The van der Waals surface area contributed by atoms with Crippen molar-refractivity contribution < 1.29 is 5.11 Å². The van der Waals surface area contributed by atoms with Crippen LogP contribution in [-0.4, -0.2) is 5.11 Å². The minimum Gasteiger partial charge on any atom is -0.376 e. The zero-order valence-corrected chi connectivity index (χ0v) is 15.3. The van der Waals surface area contributed by atoms with E-state index in [0.29, 0.717) is 0 Å². The quantitative estimate of drug-likeness (QED) is 0.351. The first-order valence-corrected chi connectivity index (χ1v) is 9.61. The van der Waals surface area contributed by atoms with Crippen LogP contribution >= 0.6 is 0 Å². The number of fused-ring (bicyclic) bond motifs is 5. The molecular formula is C27H18O. The van der Waals surface area contributed by atoms with Gasteiger partial charge < -0.3 is 5.11 Å². The Balaban J connectivity index is 1.86. The molecule has 5 aromatic carbocycles. The lowest BCUT2D eigenvalue weighted by atomic mass is 9.79. The van der Waals surface area contributed by atoms with Gasteiger partial charge in [-0.15, -0.1) is 0 Å². The monoisotopic (exact) mass is 358 g/mol. The van der Waals surface area contributed by atoms with Crippen molar-refractivity contribution in [1.82, 2.24) is 0 Å². The molecule has 28 heavy (non-hydrogen) atoms. The Bertz CT molecular complexity index is 1280. The molecule has 0 unspecified atom stereocenters. The average molecular weight is 358 g/mol. The van der Waals surface area contributed by atoms with Crippen LogP contribution in [0.2, 0.25) is 0 Å². The third-order valence-corrected chi connectivity index (χ3v) is 6.06. The highest BCUT2D eigenvalue weighted by molar-refractivity contribution is 6.05. The summed E-state index contributed by atoms with van der Waals surface area (Å²) in [4.78, 5) is 0. The number of hydrogen-bond acceptors (Lipinski definition) is 1. The predicted molar refractivity (Wildman–Crippen MR) is 115 cm³/mol. The molecule has 0 radical (unpaired) electrons. The van der Waals surface area contributed by atoms with Crippen LogP contribution in [0.5, 0.6) is 0 Å². The predicted octanol–water partition coefficient (Wildman–Crippen LogP) is 6.26. The molecule has 0 bridgehead atoms. The van der Waals surface area contributed by atoms with Crippen LogP contribution < -0.4 is 0 Å². The molecule has 0 saturated carbocycles. The molecule has 0 aliphatic heterocycles. The van der Waals surface area contributed by atoms with Gasteiger partial charge in [-0.1, -0.05) is 97.1 Å². The molecule has 1 nitrogen and oxygen atoms in total. The summed E-state index contributed by atoms with van der Waals surface area (Å²) in [5.41, 5.74) is 3.91. The van der Waals surface area contributed by atoms with E-state index in [1.165, 1.54) is 0 Å². The number of hydrogen-bond donors (Lipinski definition) is 1. The van der Waals surface area contributed by atoms with E-state index in [4.69, 9.17) is 0 Å². The molecule has 1 aliphatic rings. The summed E-state index contributed by atoms with van der Waals surface area (Å²) in [6.45, 7) is 0. The first-order valence-electron chi connectivity index (χ1n) is 9.61.